The molecule has 140 valence electrons. The predicted octanol–water partition coefficient (Wildman–Crippen LogP) is 3.05. The van der Waals surface area contributed by atoms with Crippen LogP contribution in [0.4, 0.5) is 0 Å². The average Bonchev–Trinajstić information content (AvgIpc) is 3.10. The van der Waals surface area contributed by atoms with E-state index in [-0.39, 0.29) is 0 Å². The highest BCUT2D eigenvalue weighted by atomic mass is 16.5. The minimum atomic E-state index is 0.587. The zero-order valence-electron chi connectivity index (χ0n) is 15.5. The van der Waals surface area contributed by atoms with Gasteiger partial charge in [0.05, 0.1) is 31.2 Å². The van der Waals surface area contributed by atoms with Gasteiger partial charge in [0.2, 0.25) is 0 Å². The van der Waals surface area contributed by atoms with Gasteiger partial charge in [0.25, 0.3) is 0 Å². The van der Waals surface area contributed by atoms with E-state index in [0.717, 1.165) is 47.2 Å². The maximum atomic E-state index is 5.52. The lowest BCUT2D eigenvalue weighted by Gasteiger charge is -2.28. The minimum Gasteiger partial charge on any atom is -0.378 e. The summed E-state index contributed by atoms with van der Waals surface area (Å²) in [6.45, 7) is 3.60. The van der Waals surface area contributed by atoms with E-state index in [0.29, 0.717) is 19.8 Å². The summed E-state index contributed by atoms with van der Waals surface area (Å²) in [7, 11) is 0. The lowest BCUT2D eigenvalue weighted by molar-refractivity contribution is 0.0680. The van der Waals surface area contributed by atoms with Crippen molar-refractivity contribution in [2.24, 2.45) is 10.2 Å². The first-order chi connectivity index (χ1) is 13.9. The fourth-order valence-corrected chi connectivity index (χ4v) is 3.58. The second-order valence-corrected chi connectivity index (χ2v) is 6.87. The molecule has 1 saturated heterocycles. The quantitative estimate of drug-likeness (QED) is 0.696. The lowest BCUT2D eigenvalue weighted by atomic mass is 10.1. The van der Waals surface area contributed by atoms with Gasteiger partial charge in [-0.05, 0) is 11.6 Å². The molecule has 0 unspecified atom stereocenters. The fraction of sp³-hybridized carbons (Fsp3) is 0.227. The van der Waals surface area contributed by atoms with Gasteiger partial charge in [0, 0.05) is 18.7 Å². The number of fused-ring (bicyclic) bond motifs is 1. The average molecular weight is 371 g/mol. The number of hydrogen-bond donors (Lipinski definition) is 0. The van der Waals surface area contributed by atoms with Crippen LogP contribution in [0.1, 0.15) is 11.3 Å². The Morgan fingerprint density at radius 3 is 2.18 bits per heavy atom. The van der Waals surface area contributed by atoms with Gasteiger partial charge >= 0.3 is 0 Å². The van der Waals surface area contributed by atoms with E-state index in [2.05, 4.69) is 45.4 Å². The van der Waals surface area contributed by atoms with Gasteiger partial charge in [-0.15, -0.1) is 5.10 Å². The Balaban J connectivity index is 1.60. The van der Waals surface area contributed by atoms with E-state index < -0.39 is 0 Å². The summed E-state index contributed by atoms with van der Waals surface area (Å²) in [6, 6.07) is 22.6. The van der Waals surface area contributed by atoms with Crippen molar-refractivity contribution in [2.45, 2.75) is 6.54 Å². The minimum absolute atomic E-state index is 0.587. The molecule has 0 N–H and O–H groups in total. The summed E-state index contributed by atoms with van der Waals surface area (Å²) in [5.41, 5.74) is 5.02. The number of rotatable bonds is 2. The van der Waals surface area contributed by atoms with Crippen LogP contribution >= 0.6 is 0 Å². The van der Waals surface area contributed by atoms with Gasteiger partial charge in [-0.1, -0.05) is 60.7 Å². The first-order valence-electron chi connectivity index (χ1n) is 9.55. The van der Waals surface area contributed by atoms with E-state index in [9.17, 15) is 0 Å². The van der Waals surface area contributed by atoms with Crippen LogP contribution in [0.3, 0.4) is 0 Å². The fourth-order valence-electron chi connectivity index (χ4n) is 3.58. The van der Waals surface area contributed by atoms with Crippen molar-refractivity contribution in [1.82, 2.24) is 14.7 Å². The van der Waals surface area contributed by atoms with Gasteiger partial charge < -0.3 is 9.64 Å². The zero-order valence-corrected chi connectivity index (χ0v) is 15.5. The third-order valence-electron chi connectivity index (χ3n) is 5.06. The van der Waals surface area contributed by atoms with Crippen molar-refractivity contribution in [2.75, 3.05) is 26.3 Å². The summed E-state index contributed by atoms with van der Waals surface area (Å²) in [4.78, 5) is 2.24. The number of benzene rings is 2. The third kappa shape index (κ3) is 3.23. The van der Waals surface area contributed by atoms with Crippen LogP contribution in [-0.4, -0.2) is 52.5 Å². The topological polar surface area (TPSA) is 55.0 Å². The summed E-state index contributed by atoms with van der Waals surface area (Å²) in [5.74, 6) is 0.865. The van der Waals surface area contributed by atoms with Crippen molar-refractivity contribution in [3.05, 3.63) is 78.0 Å². The van der Waals surface area contributed by atoms with Crippen molar-refractivity contribution in [1.29, 1.82) is 0 Å². The molecule has 0 spiro atoms. The second kappa shape index (κ2) is 7.40. The van der Waals surface area contributed by atoms with E-state index >= 15 is 0 Å². The molecule has 3 aromatic rings. The van der Waals surface area contributed by atoms with Crippen molar-refractivity contribution >= 4 is 11.5 Å². The third-order valence-corrected chi connectivity index (χ3v) is 5.06. The summed E-state index contributed by atoms with van der Waals surface area (Å²) in [5, 5.41) is 14.2. The highest BCUT2D eigenvalue weighted by molar-refractivity contribution is 6.04. The largest absolute Gasteiger partial charge is 0.378 e. The molecule has 0 saturated carbocycles. The number of amidine groups is 1. The maximum Gasteiger partial charge on any atom is 0.177 e. The molecule has 2 aliphatic rings. The summed E-state index contributed by atoms with van der Waals surface area (Å²) in [6.07, 6.45) is 0. The van der Waals surface area contributed by atoms with Crippen LogP contribution in [0, 0.1) is 0 Å². The highest BCUT2D eigenvalue weighted by Gasteiger charge is 2.25. The smallest absolute Gasteiger partial charge is 0.177 e. The molecule has 0 amide bonds. The predicted molar refractivity (Wildman–Crippen MR) is 110 cm³/mol. The highest BCUT2D eigenvalue weighted by Crippen LogP contribution is 2.23. The normalized spacial score (nSPS) is 16.8. The molecular weight excluding hydrogens is 350 g/mol. The molecule has 0 radical (unpaired) electrons. The van der Waals surface area contributed by atoms with Crippen molar-refractivity contribution < 1.29 is 4.74 Å². The molecule has 0 bridgehead atoms. The van der Waals surface area contributed by atoms with Gasteiger partial charge in [-0.25, -0.2) is 0 Å². The van der Waals surface area contributed by atoms with Gasteiger partial charge in [0.15, 0.2) is 5.84 Å². The molecule has 5 rings (SSSR count). The van der Waals surface area contributed by atoms with E-state index in [1.807, 2.05) is 41.1 Å². The number of hydrogen-bond acceptors (Lipinski definition) is 5. The molecular formula is C22H21N5O. The first kappa shape index (κ1) is 16.9. The summed E-state index contributed by atoms with van der Waals surface area (Å²) < 4.78 is 7.54. The SMILES string of the molecule is c1ccc(C2=NN=C(N3CCOCC3)c3cc(-c4ccccc4)nn3C2)cc1. The van der Waals surface area contributed by atoms with Crippen LogP contribution < -0.4 is 0 Å². The van der Waals surface area contributed by atoms with Crippen LogP contribution in [0.2, 0.25) is 0 Å². The summed E-state index contributed by atoms with van der Waals surface area (Å²) >= 11 is 0. The standard InChI is InChI=1S/C22H21N5O/c1-3-7-17(8-4-1)19-15-21-22(26-11-13-28-14-12-26)24-23-20(16-27(21)25-19)18-9-5-2-6-10-18/h1-10,15H,11-14,16H2. The van der Waals surface area contributed by atoms with Crippen LogP contribution in [0.25, 0.3) is 11.3 Å². The Hall–Kier alpha value is -3.25. The number of morpholine rings is 1. The Kier molecular flexibility index (Phi) is 4.47. The van der Waals surface area contributed by atoms with E-state index in [4.69, 9.17) is 9.84 Å². The molecule has 1 aromatic heterocycles. The zero-order chi connectivity index (χ0) is 18.8. The molecule has 0 atom stereocenters. The van der Waals surface area contributed by atoms with Gasteiger partial charge in [-0.3, -0.25) is 4.68 Å². The van der Waals surface area contributed by atoms with Crippen LogP contribution in [0.15, 0.2) is 76.9 Å². The molecule has 1 fully saturated rings. The van der Waals surface area contributed by atoms with Crippen molar-refractivity contribution in [3.63, 3.8) is 0 Å². The lowest BCUT2D eigenvalue weighted by Crippen LogP contribution is -2.41. The number of aromatic nitrogens is 2. The van der Waals surface area contributed by atoms with E-state index in [1.54, 1.807) is 0 Å². The molecule has 2 aliphatic heterocycles. The van der Waals surface area contributed by atoms with Crippen molar-refractivity contribution in [3.8, 4) is 11.3 Å². The molecule has 6 nitrogen and oxygen atoms in total. The molecule has 3 heterocycles. The monoisotopic (exact) mass is 371 g/mol. The second-order valence-electron chi connectivity index (χ2n) is 6.87. The Morgan fingerprint density at radius 2 is 1.46 bits per heavy atom. The maximum absolute atomic E-state index is 5.52. The van der Waals surface area contributed by atoms with Gasteiger partial charge in [0.1, 0.15) is 5.69 Å². The molecule has 0 aliphatic carbocycles. The first-order valence-corrected chi connectivity index (χ1v) is 9.55. The molecule has 2 aromatic carbocycles. The Bertz CT molecular complexity index is 1020. The number of ether oxygens (including phenoxy) is 1. The van der Waals surface area contributed by atoms with Gasteiger partial charge in [-0.2, -0.15) is 10.2 Å². The Labute approximate surface area is 163 Å². The molecule has 28 heavy (non-hydrogen) atoms. The van der Waals surface area contributed by atoms with Crippen LogP contribution in [-0.2, 0) is 11.3 Å². The Morgan fingerprint density at radius 1 is 0.786 bits per heavy atom. The van der Waals surface area contributed by atoms with Crippen LogP contribution in [0.5, 0.6) is 0 Å². The van der Waals surface area contributed by atoms with E-state index in [1.165, 1.54) is 0 Å². The molecule has 6 heteroatoms. The number of nitrogens with zero attached hydrogens (tertiary/aromatic N) is 5.